The third-order valence-electron chi connectivity index (χ3n) is 7.64. The van der Waals surface area contributed by atoms with Crippen molar-refractivity contribution in [3.8, 4) is 5.75 Å². The zero-order valence-electron chi connectivity index (χ0n) is 24.9. The van der Waals surface area contributed by atoms with Gasteiger partial charge < -0.3 is 19.9 Å². The number of ether oxygens (including phenoxy) is 2. The van der Waals surface area contributed by atoms with Crippen LogP contribution < -0.4 is 10.1 Å². The lowest BCUT2D eigenvalue weighted by atomic mass is 9.81. The van der Waals surface area contributed by atoms with Gasteiger partial charge in [-0.2, -0.15) is 0 Å². The second-order valence-electron chi connectivity index (χ2n) is 10.8. The van der Waals surface area contributed by atoms with Crippen LogP contribution in [-0.4, -0.2) is 42.2 Å². The molecule has 230 valence electrons. The maximum atomic E-state index is 14.5. The van der Waals surface area contributed by atoms with E-state index in [4.69, 9.17) is 19.6 Å². The van der Waals surface area contributed by atoms with Crippen molar-refractivity contribution in [1.82, 2.24) is 5.32 Å². The van der Waals surface area contributed by atoms with Crippen LogP contribution in [0.25, 0.3) is 10.4 Å². The Morgan fingerprint density at radius 3 is 2.53 bits per heavy atom. The summed E-state index contributed by atoms with van der Waals surface area (Å²) in [7, 11) is 0. The standard InChI is InChI=1S/C35H34BrN5O4/c1-24-11-13-25(14-12-24)19-20-38-34(43)35(23-27-7-2-4-9-30(27)36)32(29-8-3-5-10-31(29)40-41-37)45-33(39-35)26-15-17-28(18-16-26)44-22-6-21-42/h2-5,7-18,32,42H,6,19-23H2,1H3,(H,38,43)/t32-,35-/m1/s1. The molecule has 10 heteroatoms. The predicted octanol–water partition coefficient (Wildman–Crippen LogP) is 7.32. The van der Waals surface area contributed by atoms with E-state index in [0.717, 1.165) is 15.6 Å². The van der Waals surface area contributed by atoms with Gasteiger partial charge in [0, 0.05) is 52.2 Å². The van der Waals surface area contributed by atoms with Crippen molar-refractivity contribution >= 4 is 33.4 Å². The number of carbonyl (C=O) groups is 1. The fourth-order valence-corrected chi connectivity index (χ4v) is 5.69. The Bertz CT molecular complexity index is 1700. The highest BCUT2D eigenvalue weighted by Gasteiger charge is 2.54. The summed E-state index contributed by atoms with van der Waals surface area (Å²) in [5, 5.41) is 16.1. The molecule has 0 aromatic heterocycles. The summed E-state index contributed by atoms with van der Waals surface area (Å²) >= 11 is 3.66. The second kappa shape index (κ2) is 14.9. The van der Waals surface area contributed by atoms with Crippen LogP contribution in [0.15, 0.2) is 112 Å². The number of benzene rings is 4. The van der Waals surface area contributed by atoms with E-state index in [1.807, 2.05) is 49.4 Å². The minimum absolute atomic E-state index is 0.0497. The van der Waals surface area contributed by atoms with Gasteiger partial charge in [-0.05, 0) is 60.3 Å². The number of aliphatic hydroxyl groups excluding tert-OH is 1. The van der Waals surface area contributed by atoms with Gasteiger partial charge in [-0.3, -0.25) is 4.79 Å². The Labute approximate surface area is 270 Å². The molecule has 9 nitrogen and oxygen atoms in total. The van der Waals surface area contributed by atoms with Crippen molar-refractivity contribution < 1.29 is 19.4 Å². The molecule has 0 saturated heterocycles. The molecule has 0 unspecified atom stereocenters. The van der Waals surface area contributed by atoms with Crippen molar-refractivity contribution in [2.45, 2.75) is 37.8 Å². The molecule has 4 aromatic carbocycles. The van der Waals surface area contributed by atoms with Crippen molar-refractivity contribution in [1.29, 1.82) is 0 Å². The highest BCUT2D eigenvalue weighted by atomic mass is 79.9. The number of amides is 1. The molecule has 0 spiro atoms. The average molecular weight is 669 g/mol. The first-order valence-corrected chi connectivity index (χ1v) is 15.5. The fraction of sp³-hybridized carbons (Fsp3) is 0.257. The lowest BCUT2D eigenvalue weighted by molar-refractivity contribution is -0.128. The molecule has 45 heavy (non-hydrogen) atoms. The number of halogens is 1. The molecular weight excluding hydrogens is 634 g/mol. The number of carbonyl (C=O) groups excluding carboxylic acids is 1. The summed E-state index contributed by atoms with van der Waals surface area (Å²) in [5.74, 6) is 0.632. The number of hydrogen-bond donors (Lipinski definition) is 2. The van der Waals surface area contributed by atoms with E-state index < -0.39 is 11.6 Å². The molecule has 1 aliphatic rings. The summed E-state index contributed by atoms with van der Waals surface area (Å²) in [5.41, 5.74) is 12.6. The SMILES string of the molecule is Cc1ccc(CCNC(=O)[C@]2(Cc3ccccc3Br)N=C(c3ccc(OCCCO)cc3)O[C@@H]2c2ccccc2N=[N+]=[N-])cc1. The van der Waals surface area contributed by atoms with Crippen molar-refractivity contribution in [3.63, 3.8) is 0 Å². The van der Waals surface area contributed by atoms with E-state index in [1.165, 1.54) is 5.56 Å². The maximum Gasteiger partial charge on any atom is 0.252 e. The molecule has 0 saturated carbocycles. The monoisotopic (exact) mass is 667 g/mol. The van der Waals surface area contributed by atoms with Crippen molar-refractivity contribution in [2.75, 3.05) is 19.8 Å². The Hall–Kier alpha value is -4.63. The first kappa shape index (κ1) is 31.8. The number of aliphatic imine (C=N–C) groups is 1. The van der Waals surface area contributed by atoms with E-state index in [2.05, 4.69) is 55.5 Å². The van der Waals surface area contributed by atoms with Gasteiger partial charge in [0.25, 0.3) is 5.91 Å². The van der Waals surface area contributed by atoms with E-state index in [1.54, 1.807) is 30.3 Å². The molecule has 0 aliphatic carbocycles. The normalized spacial score (nSPS) is 17.1. The first-order valence-electron chi connectivity index (χ1n) is 14.8. The van der Waals surface area contributed by atoms with E-state index in [-0.39, 0.29) is 18.9 Å². The minimum Gasteiger partial charge on any atom is -0.494 e. The number of azide groups is 1. The quantitative estimate of drug-likeness (QED) is 0.0670. The predicted molar refractivity (Wildman–Crippen MR) is 178 cm³/mol. The smallest absolute Gasteiger partial charge is 0.252 e. The molecule has 1 aliphatic heterocycles. The van der Waals surface area contributed by atoms with Crippen LogP contribution in [-0.2, 0) is 22.4 Å². The van der Waals surface area contributed by atoms with Gasteiger partial charge in [-0.1, -0.05) is 93.3 Å². The maximum absolute atomic E-state index is 14.5. The minimum atomic E-state index is -1.44. The number of rotatable bonds is 13. The molecule has 0 radical (unpaired) electrons. The Morgan fingerprint density at radius 1 is 1.07 bits per heavy atom. The van der Waals surface area contributed by atoms with Gasteiger partial charge >= 0.3 is 0 Å². The zero-order valence-corrected chi connectivity index (χ0v) is 26.5. The number of hydrogen-bond acceptors (Lipinski definition) is 6. The van der Waals surface area contributed by atoms with Gasteiger partial charge in [0.2, 0.25) is 5.90 Å². The van der Waals surface area contributed by atoms with Crippen LogP contribution in [0.4, 0.5) is 5.69 Å². The van der Waals surface area contributed by atoms with Crippen LogP contribution in [0.2, 0.25) is 0 Å². The van der Waals surface area contributed by atoms with Crippen LogP contribution in [0.1, 0.15) is 40.3 Å². The first-order chi connectivity index (χ1) is 21.9. The van der Waals surface area contributed by atoms with Crippen LogP contribution in [0.3, 0.4) is 0 Å². The van der Waals surface area contributed by atoms with E-state index in [0.29, 0.717) is 54.5 Å². The topological polar surface area (TPSA) is 129 Å². The molecule has 0 bridgehead atoms. The number of nitrogens with one attached hydrogen (secondary N) is 1. The lowest BCUT2D eigenvalue weighted by Crippen LogP contribution is -2.50. The Balaban J connectivity index is 1.56. The van der Waals surface area contributed by atoms with E-state index in [9.17, 15) is 10.3 Å². The van der Waals surface area contributed by atoms with Gasteiger partial charge in [0.15, 0.2) is 11.6 Å². The van der Waals surface area contributed by atoms with Gasteiger partial charge in [-0.25, -0.2) is 4.99 Å². The van der Waals surface area contributed by atoms with Gasteiger partial charge in [0.1, 0.15) is 5.75 Å². The van der Waals surface area contributed by atoms with Gasteiger partial charge in [0.05, 0.1) is 6.61 Å². The van der Waals surface area contributed by atoms with Crippen LogP contribution in [0, 0.1) is 6.92 Å². The average Bonchev–Trinajstić information content (AvgIpc) is 3.44. The van der Waals surface area contributed by atoms with E-state index >= 15 is 0 Å². The van der Waals surface area contributed by atoms with Crippen molar-refractivity contribution in [2.24, 2.45) is 10.1 Å². The van der Waals surface area contributed by atoms with Crippen LogP contribution in [0.5, 0.6) is 5.75 Å². The third-order valence-corrected chi connectivity index (χ3v) is 8.41. The highest BCUT2D eigenvalue weighted by Crippen LogP contribution is 2.46. The molecular formula is C35H34BrN5O4. The molecule has 4 aromatic rings. The summed E-state index contributed by atoms with van der Waals surface area (Å²) in [6, 6.07) is 30.3. The summed E-state index contributed by atoms with van der Waals surface area (Å²) in [6.45, 7) is 2.88. The summed E-state index contributed by atoms with van der Waals surface area (Å²) < 4.78 is 13.1. The summed E-state index contributed by atoms with van der Waals surface area (Å²) in [6.07, 6.45) is 0.486. The molecule has 1 amide bonds. The second-order valence-corrected chi connectivity index (χ2v) is 11.7. The number of aryl methyl sites for hydroxylation is 1. The zero-order chi connectivity index (χ0) is 31.6. The molecule has 5 rings (SSSR count). The van der Waals surface area contributed by atoms with Gasteiger partial charge in [-0.15, -0.1) is 0 Å². The highest BCUT2D eigenvalue weighted by molar-refractivity contribution is 9.10. The molecule has 2 N–H and O–H groups in total. The third kappa shape index (κ3) is 7.54. The molecule has 1 heterocycles. The summed E-state index contributed by atoms with van der Waals surface area (Å²) in [4.78, 5) is 22.6. The van der Waals surface area contributed by atoms with Crippen molar-refractivity contribution in [3.05, 3.63) is 140 Å². The molecule has 2 atom stereocenters. The Kier molecular flexibility index (Phi) is 10.5. The number of aliphatic hydroxyl groups is 1. The van der Waals surface area contributed by atoms with Crippen LogP contribution >= 0.6 is 15.9 Å². The molecule has 0 fully saturated rings. The largest absolute Gasteiger partial charge is 0.494 e. The fourth-order valence-electron chi connectivity index (χ4n) is 5.27. The Morgan fingerprint density at radius 2 is 1.80 bits per heavy atom. The lowest BCUT2D eigenvalue weighted by Gasteiger charge is -2.31. The number of nitrogens with zero attached hydrogens (tertiary/aromatic N) is 4.